The minimum absolute atomic E-state index is 0.788. The van der Waals surface area contributed by atoms with Gasteiger partial charge >= 0.3 is 0 Å². The van der Waals surface area contributed by atoms with E-state index in [2.05, 4.69) is 10.9 Å². The average Bonchev–Trinajstić information content (AvgIpc) is 2.38. The Morgan fingerprint density at radius 1 is 1.31 bits per heavy atom. The number of aromatic nitrogens is 1. The molecule has 0 bridgehead atoms. The molecule has 0 saturated carbocycles. The predicted octanol–water partition coefficient (Wildman–Crippen LogP) is 2.74. The van der Waals surface area contributed by atoms with E-state index in [1.54, 1.807) is 19.5 Å². The lowest BCUT2D eigenvalue weighted by atomic mass is 10.0. The number of nitrogens with zero attached hydrogens (tertiary/aromatic N) is 1. The highest BCUT2D eigenvalue weighted by Crippen LogP contribution is 2.25. The summed E-state index contributed by atoms with van der Waals surface area (Å²) in [5.74, 6) is 3.45. The molecule has 1 heterocycles. The van der Waals surface area contributed by atoms with Gasteiger partial charge in [0, 0.05) is 18.0 Å². The van der Waals surface area contributed by atoms with E-state index in [9.17, 15) is 0 Å². The van der Waals surface area contributed by atoms with Gasteiger partial charge in [-0.15, -0.1) is 6.42 Å². The van der Waals surface area contributed by atoms with Crippen molar-refractivity contribution in [3.63, 3.8) is 0 Å². The molecule has 2 rings (SSSR count). The van der Waals surface area contributed by atoms with Crippen molar-refractivity contribution in [1.82, 2.24) is 4.98 Å². The monoisotopic (exact) mass is 209 g/mol. The highest BCUT2D eigenvalue weighted by Gasteiger charge is 2.03. The van der Waals surface area contributed by atoms with E-state index in [0.29, 0.717) is 0 Å². The van der Waals surface area contributed by atoms with Gasteiger partial charge in [-0.3, -0.25) is 4.98 Å². The Hall–Kier alpha value is -2.27. The molecular formula is C14H11NO. The van der Waals surface area contributed by atoms with Gasteiger partial charge in [0.1, 0.15) is 5.75 Å². The van der Waals surface area contributed by atoms with Gasteiger partial charge in [-0.1, -0.05) is 18.1 Å². The van der Waals surface area contributed by atoms with E-state index in [4.69, 9.17) is 11.2 Å². The van der Waals surface area contributed by atoms with Crippen LogP contribution in [0.2, 0.25) is 0 Å². The largest absolute Gasteiger partial charge is 0.497 e. The third-order valence-electron chi connectivity index (χ3n) is 2.36. The first-order chi connectivity index (χ1) is 7.85. The Kier molecular flexibility index (Phi) is 2.88. The van der Waals surface area contributed by atoms with Gasteiger partial charge in [-0.25, -0.2) is 0 Å². The molecule has 0 radical (unpaired) electrons. The minimum Gasteiger partial charge on any atom is -0.497 e. The molecule has 1 aromatic carbocycles. The molecule has 78 valence electrons. The van der Waals surface area contributed by atoms with E-state index < -0.39 is 0 Å². The SMILES string of the molecule is C#Cc1cnccc1-c1cccc(OC)c1. The molecule has 0 N–H and O–H groups in total. The molecule has 0 spiro atoms. The third-order valence-corrected chi connectivity index (χ3v) is 2.36. The summed E-state index contributed by atoms with van der Waals surface area (Å²) in [5.41, 5.74) is 2.82. The zero-order valence-electron chi connectivity index (χ0n) is 8.97. The zero-order chi connectivity index (χ0) is 11.4. The van der Waals surface area contributed by atoms with E-state index in [1.807, 2.05) is 30.3 Å². The smallest absolute Gasteiger partial charge is 0.119 e. The van der Waals surface area contributed by atoms with Crippen LogP contribution >= 0.6 is 0 Å². The van der Waals surface area contributed by atoms with E-state index in [1.165, 1.54) is 0 Å². The van der Waals surface area contributed by atoms with Crippen LogP contribution in [0.3, 0.4) is 0 Å². The van der Waals surface area contributed by atoms with Crippen LogP contribution in [0.15, 0.2) is 42.7 Å². The van der Waals surface area contributed by atoms with Crippen molar-refractivity contribution in [2.24, 2.45) is 0 Å². The molecule has 2 nitrogen and oxygen atoms in total. The maximum atomic E-state index is 5.44. The van der Waals surface area contributed by atoms with Crippen molar-refractivity contribution >= 4 is 0 Å². The third kappa shape index (κ3) is 1.89. The summed E-state index contributed by atoms with van der Waals surface area (Å²) in [4.78, 5) is 4.01. The normalized spacial score (nSPS) is 9.50. The van der Waals surface area contributed by atoms with E-state index >= 15 is 0 Å². The lowest BCUT2D eigenvalue weighted by Gasteiger charge is -2.06. The topological polar surface area (TPSA) is 22.1 Å². The fourth-order valence-corrected chi connectivity index (χ4v) is 1.55. The first-order valence-electron chi connectivity index (χ1n) is 4.90. The summed E-state index contributed by atoms with van der Waals surface area (Å²) >= 11 is 0. The predicted molar refractivity (Wildman–Crippen MR) is 64.2 cm³/mol. The second kappa shape index (κ2) is 4.50. The van der Waals surface area contributed by atoms with Crippen molar-refractivity contribution in [3.8, 4) is 29.2 Å². The number of hydrogen-bond acceptors (Lipinski definition) is 2. The number of hydrogen-bond donors (Lipinski definition) is 0. The summed E-state index contributed by atoms with van der Waals surface area (Å²) in [6, 6.07) is 9.70. The zero-order valence-corrected chi connectivity index (χ0v) is 8.97. The summed E-state index contributed by atoms with van der Waals surface area (Å²) < 4.78 is 5.18. The molecule has 0 fully saturated rings. The second-order valence-corrected chi connectivity index (χ2v) is 3.30. The molecule has 2 aromatic rings. The Morgan fingerprint density at radius 2 is 2.19 bits per heavy atom. The van der Waals surface area contributed by atoms with Gasteiger partial charge in [-0.2, -0.15) is 0 Å². The highest BCUT2D eigenvalue weighted by atomic mass is 16.5. The first kappa shape index (κ1) is 10.3. The molecule has 0 aliphatic carbocycles. The van der Waals surface area contributed by atoms with Gasteiger partial charge in [0.2, 0.25) is 0 Å². The van der Waals surface area contributed by atoms with E-state index in [0.717, 1.165) is 22.4 Å². The Morgan fingerprint density at radius 3 is 2.94 bits per heavy atom. The molecule has 2 heteroatoms. The van der Waals surface area contributed by atoms with E-state index in [-0.39, 0.29) is 0 Å². The second-order valence-electron chi connectivity index (χ2n) is 3.30. The number of benzene rings is 1. The fraction of sp³-hybridized carbons (Fsp3) is 0.0714. The van der Waals surface area contributed by atoms with Gasteiger partial charge in [-0.05, 0) is 23.8 Å². The number of terminal acetylenes is 1. The maximum Gasteiger partial charge on any atom is 0.119 e. The van der Waals surface area contributed by atoms with Crippen LogP contribution < -0.4 is 4.74 Å². The summed E-state index contributed by atoms with van der Waals surface area (Å²) in [6.45, 7) is 0. The lowest BCUT2D eigenvalue weighted by Crippen LogP contribution is -1.87. The number of ether oxygens (including phenoxy) is 1. The van der Waals surface area contributed by atoms with Crippen molar-refractivity contribution in [1.29, 1.82) is 0 Å². The minimum atomic E-state index is 0.788. The lowest BCUT2D eigenvalue weighted by molar-refractivity contribution is 0.415. The number of rotatable bonds is 2. The standard InChI is InChI=1S/C14H11NO/c1-3-11-10-15-8-7-14(11)12-5-4-6-13(9-12)16-2/h1,4-10H,2H3. The summed E-state index contributed by atoms with van der Waals surface area (Å²) in [5, 5.41) is 0. The molecule has 0 saturated heterocycles. The van der Waals surface area contributed by atoms with Crippen molar-refractivity contribution in [2.75, 3.05) is 7.11 Å². The first-order valence-corrected chi connectivity index (χ1v) is 4.90. The number of methoxy groups -OCH3 is 1. The van der Waals surface area contributed by atoms with Crippen LogP contribution in [-0.4, -0.2) is 12.1 Å². The van der Waals surface area contributed by atoms with Crippen LogP contribution in [0, 0.1) is 12.3 Å². The molecule has 0 aliphatic rings. The molecule has 1 aromatic heterocycles. The van der Waals surface area contributed by atoms with Crippen molar-refractivity contribution in [3.05, 3.63) is 48.3 Å². The van der Waals surface area contributed by atoms with Crippen LogP contribution in [0.1, 0.15) is 5.56 Å². The van der Waals surface area contributed by atoms with Crippen molar-refractivity contribution < 1.29 is 4.74 Å². The molecule has 0 amide bonds. The van der Waals surface area contributed by atoms with Gasteiger partial charge in [0.05, 0.1) is 12.7 Å². The number of pyridine rings is 1. The summed E-state index contributed by atoms with van der Waals surface area (Å²) in [6.07, 6.45) is 8.86. The maximum absolute atomic E-state index is 5.44. The molecule has 0 unspecified atom stereocenters. The van der Waals surface area contributed by atoms with Gasteiger partial charge < -0.3 is 4.74 Å². The molecule has 16 heavy (non-hydrogen) atoms. The fourth-order valence-electron chi connectivity index (χ4n) is 1.55. The Bertz CT molecular complexity index is 540. The molecule has 0 aliphatic heterocycles. The van der Waals surface area contributed by atoms with Gasteiger partial charge in [0.25, 0.3) is 0 Å². The van der Waals surface area contributed by atoms with Crippen LogP contribution in [-0.2, 0) is 0 Å². The molecule has 0 atom stereocenters. The Labute approximate surface area is 94.9 Å². The van der Waals surface area contributed by atoms with Gasteiger partial charge in [0.15, 0.2) is 0 Å². The van der Waals surface area contributed by atoms with Crippen LogP contribution in [0.25, 0.3) is 11.1 Å². The molecular weight excluding hydrogens is 198 g/mol. The van der Waals surface area contributed by atoms with Crippen LogP contribution in [0.4, 0.5) is 0 Å². The summed E-state index contributed by atoms with van der Waals surface area (Å²) in [7, 11) is 1.65. The average molecular weight is 209 g/mol. The quantitative estimate of drug-likeness (QED) is 0.709. The van der Waals surface area contributed by atoms with Crippen LogP contribution in [0.5, 0.6) is 5.75 Å². The Balaban J connectivity index is 2.55. The highest BCUT2D eigenvalue weighted by molar-refractivity contribution is 5.71. The van der Waals surface area contributed by atoms with Crippen molar-refractivity contribution in [2.45, 2.75) is 0 Å².